The van der Waals surface area contributed by atoms with Crippen LogP contribution < -0.4 is 0 Å². The van der Waals surface area contributed by atoms with Crippen molar-refractivity contribution in [1.82, 2.24) is 0 Å². The van der Waals surface area contributed by atoms with Gasteiger partial charge >= 0.3 is 5.97 Å². The first-order chi connectivity index (χ1) is 9.15. The molecule has 2 bridgehead atoms. The zero-order chi connectivity index (χ0) is 13.4. The van der Waals surface area contributed by atoms with Gasteiger partial charge in [0.25, 0.3) is 0 Å². The van der Waals surface area contributed by atoms with Gasteiger partial charge in [0.05, 0.1) is 0 Å². The summed E-state index contributed by atoms with van der Waals surface area (Å²) >= 11 is 0. The molecule has 4 unspecified atom stereocenters. The van der Waals surface area contributed by atoms with E-state index in [1.807, 2.05) is 0 Å². The average Bonchev–Trinajstić information content (AvgIpc) is 2.96. The van der Waals surface area contributed by atoms with Gasteiger partial charge in [-0.1, -0.05) is 42.0 Å². The third-order valence-electron chi connectivity index (χ3n) is 4.74. The van der Waals surface area contributed by atoms with E-state index in [1.165, 1.54) is 17.5 Å². The van der Waals surface area contributed by atoms with Gasteiger partial charge in [-0.25, -0.2) is 0 Å². The van der Waals surface area contributed by atoms with Gasteiger partial charge in [-0.2, -0.15) is 0 Å². The van der Waals surface area contributed by atoms with E-state index in [2.05, 4.69) is 43.3 Å². The number of carboxylic acids is 1. The van der Waals surface area contributed by atoms with Crippen LogP contribution in [0, 0.1) is 24.7 Å². The Morgan fingerprint density at radius 3 is 2.84 bits per heavy atom. The number of aliphatic carboxylic acids is 1. The molecule has 100 valence electrons. The van der Waals surface area contributed by atoms with Crippen LogP contribution in [0.2, 0.25) is 0 Å². The molecule has 2 aliphatic rings. The second-order valence-electron chi connectivity index (χ2n) is 5.98. The molecule has 1 fully saturated rings. The summed E-state index contributed by atoms with van der Waals surface area (Å²) in [6, 6.07) is 8.72. The number of allylic oxidation sites excluding steroid dienone is 2. The number of rotatable bonds is 4. The average molecular weight is 256 g/mol. The van der Waals surface area contributed by atoms with Crippen molar-refractivity contribution in [3.8, 4) is 0 Å². The maximum Gasteiger partial charge on any atom is 0.303 e. The van der Waals surface area contributed by atoms with Gasteiger partial charge in [0.1, 0.15) is 0 Å². The maximum absolute atomic E-state index is 10.8. The van der Waals surface area contributed by atoms with Crippen LogP contribution >= 0.6 is 0 Å². The van der Waals surface area contributed by atoms with Crippen molar-refractivity contribution in [1.29, 1.82) is 0 Å². The minimum Gasteiger partial charge on any atom is -0.481 e. The van der Waals surface area contributed by atoms with Crippen LogP contribution in [0.3, 0.4) is 0 Å². The molecule has 4 atom stereocenters. The van der Waals surface area contributed by atoms with E-state index < -0.39 is 5.97 Å². The SMILES string of the molecule is Cc1cccc(C2C3C=CC(C3)C2CCC(=O)O)c1. The summed E-state index contributed by atoms with van der Waals surface area (Å²) in [5.41, 5.74) is 2.69. The number of aryl methyl sites for hydroxylation is 1. The summed E-state index contributed by atoms with van der Waals surface area (Å²) in [4.78, 5) is 10.8. The highest BCUT2D eigenvalue weighted by molar-refractivity contribution is 5.66. The summed E-state index contributed by atoms with van der Waals surface area (Å²) in [5.74, 6) is 1.57. The van der Waals surface area contributed by atoms with Crippen LogP contribution in [-0.2, 0) is 4.79 Å². The van der Waals surface area contributed by atoms with E-state index in [4.69, 9.17) is 5.11 Å². The molecule has 0 saturated heterocycles. The molecule has 19 heavy (non-hydrogen) atoms. The van der Waals surface area contributed by atoms with Crippen molar-refractivity contribution in [2.24, 2.45) is 17.8 Å². The van der Waals surface area contributed by atoms with Crippen LogP contribution in [0.4, 0.5) is 0 Å². The minimum atomic E-state index is -0.672. The molecule has 2 heteroatoms. The van der Waals surface area contributed by atoms with Gasteiger partial charge in [-0.3, -0.25) is 4.79 Å². The molecule has 0 radical (unpaired) electrons. The van der Waals surface area contributed by atoms with Crippen molar-refractivity contribution in [3.63, 3.8) is 0 Å². The van der Waals surface area contributed by atoms with E-state index in [-0.39, 0.29) is 0 Å². The molecule has 0 aliphatic heterocycles. The molecule has 3 rings (SSSR count). The topological polar surface area (TPSA) is 37.3 Å². The molecule has 1 N–H and O–H groups in total. The highest BCUT2D eigenvalue weighted by Crippen LogP contribution is 2.54. The highest BCUT2D eigenvalue weighted by Gasteiger charge is 2.44. The lowest BCUT2D eigenvalue weighted by atomic mass is 9.76. The van der Waals surface area contributed by atoms with Gasteiger partial charge in [-0.15, -0.1) is 0 Å². The van der Waals surface area contributed by atoms with Crippen molar-refractivity contribution < 1.29 is 9.90 Å². The van der Waals surface area contributed by atoms with Crippen LogP contribution in [0.15, 0.2) is 36.4 Å². The number of fused-ring (bicyclic) bond motifs is 2. The maximum atomic E-state index is 10.8. The van der Waals surface area contributed by atoms with E-state index in [1.54, 1.807) is 0 Å². The standard InChI is InChI=1S/C17H20O2/c1-11-3-2-4-13(9-11)17-14-6-5-12(10-14)15(17)7-8-16(18)19/h2-6,9,12,14-15,17H,7-8,10H2,1H3,(H,18,19). The first-order valence-corrected chi connectivity index (χ1v) is 7.12. The smallest absolute Gasteiger partial charge is 0.303 e. The summed E-state index contributed by atoms with van der Waals surface area (Å²) < 4.78 is 0. The van der Waals surface area contributed by atoms with Crippen molar-refractivity contribution in [3.05, 3.63) is 47.5 Å². The van der Waals surface area contributed by atoms with Crippen molar-refractivity contribution in [2.45, 2.75) is 32.1 Å². The Hall–Kier alpha value is -1.57. The Bertz CT molecular complexity index is 518. The molecule has 1 aromatic carbocycles. The molecular weight excluding hydrogens is 236 g/mol. The summed E-state index contributed by atoms with van der Waals surface area (Å²) in [7, 11) is 0. The fourth-order valence-electron chi connectivity index (χ4n) is 3.98. The monoisotopic (exact) mass is 256 g/mol. The van der Waals surface area contributed by atoms with Gasteiger partial charge in [0.15, 0.2) is 0 Å². The lowest BCUT2D eigenvalue weighted by Gasteiger charge is -2.28. The van der Waals surface area contributed by atoms with Gasteiger partial charge in [-0.05, 0) is 49.0 Å². The van der Waals surface area contributed by atoms with E-state index in [0.29, 0.717) is 30.1 Å². The predicted molar refractivity (Wildman–Crippen MR) is 75.0 cm³/mol. The van der Waals surface area contributed by atoms with Gasteiger partial charge in [0, 0.05) is 6.42 Å². The second kappa shape index (κ2) is 4.84. The Morgan fingerprint density at radius 1 is 1.32 bits per heavy atom. The predicted octanol–water partition coefficient (Wildman–Crippen LogP) is 3.77. The number of carbonyl (C=O) groups is 1. The molecular formula is C17H20O2. The van der Waals surface area contributed by atoms with Crippen LogP contribution in [0.1, 0.15) is 36.3 Å². The Morgan fingerprint density at radius 2 is 2.11 bits per heavy atom. The Balaban J connectivity index is 1.85. The summed E-state index contributed by atoms with van der Waals surface area (Å²) in [6.45, 7) is 2.12. The van der Waals surface area contributed by atoms with Crippen molar-refractivity contribution >= 4 is 5.97 Å². The van der Waals surface area contributed by atoms with E-state index in [9.17, 15) is 4.79 Å². The fourth-order valence-corrected chi connectivity index (χ4v) is 3.98. The first-order valence-electron chi connectivity index (χ1n) is 7.12. The molecule has 0 spiro atoms. The summed E-state index contributed by atoms with van der Waals surface area (Å²) in [5, 5.41) is 8.93. The Labute approximate surface area is 114 Å². The number of hydrogen-bond donors (Lipinski definition) is 1. The quantitative estimate of drug-likeness (QED) is 0.833. The number of hydrogen-bond acceptors (Lipinski definition) is 1. The number of carboxylic acid groups (broad SMARTS) is 1. The second-order valence-corrected chi connectivity index (χ2v) is 5.98. The summed E-state index contributed by atoms with van der Waals surface area (Å²) in [6.07, 6.45) is 6.96. The molecule has 2 nitrogen and oxygen atoms in total. The van der Waals surface area contributed by atoms with Crippen molar-refractivity contribution in [2.75, 3.05) is 0 Å². The molecule has 1 saturated carbocycles. The van der Waals surface area contributed by atoms with Crippen LogP contribution in [0.25, 0.3) is 0 Å². The van der Waals surface area contributed by atoms with Crippen LogP contribution in [0.5, 0.6) is 0 Å². The third-order valence-corrected chi connectivity index (χ3v) is 4.74. The highest BCUT2D eigenvalue weighted by atomic mass is 16.4. The van der Waals surface area contributed by atoms with Gasteiger partial charge < -0.3 is 5.11 Å². The number of benzene rings is 1. The zero-order valence-electron chi connectivity index (χ0n) is 11.3. The molecule has 1 aromatic rings. The molecule has 0 heterocycles. The zero-order valence-corrected chi connectivity index (χ0v) is 11.3. The van der Waals surface area contributed by atoms with Crippen LogP contribution in [-0.4, -0.2) is 11.1 Å². The largest absolute Gasteiger partial charge is 0.481 e. The van der Waals surface area contributed by atoms with E-state index >= 15 is 0 Å². The normalized spacial score (nSPS) is 31.8. The lowest BCUT2D eigenvalue weighted by Crippen LogP contribution is -2.19. The Kier molecular flexibility index (Phi) is 3.17. The molecule has 0 aromatic heterocycles. The molecule has 0 amide bonds. The third kappa shape index (κ3) is 2.32. The van der Waals surface area contributed by atoms with Gasteiger partial charge in [0.2, 0.25) is 0 Å². The minimum absolute atomic E-state index is 0.296. The lowest BCUT2D eigenvalue weighted by molar-refractivity contribution is -0.137. The fraction of sp³-hybridized carbons (Fsp3) is 0.471. The first kappa shape index (κ1) is 12.5. The molecule has 2 aliphatic carbocycles. The van der Waals surface area contributed by atoms with E-state index in [0.717, 1.165) is 6.42 Å².